The van der Waals surface area contributed by atoms with E-state index in [0.717, 1.165) is 39.5 Å². The Morgan fingerprint density at radius 3 is 2.47 bits per heavy atom. The first-order valence-electron chi connectivity index (χ1n) is 11.7. The number of ether oxygens (including phenoxy) is 2. The maximum atomic E-state index is 11.6. The van der Waals surface area contributed by atoms with Crippen LogP contribution in [0.1, 0.15) is 37.7 Å². The molecule has 0 unspecified atom stereocenters. The van der Waals surface area contributed by atoms with Gasteiger partial charge in [-0.3, -0.25) is 9.52 Å². The van der Waals surface area contributed by atoms with E-state index >= 15 is 0 Å². The monoisotopic (exact) mass is 481 g/mol. The van der Waals surface area contributed by atoms with Gasteiger partial charge in [-0.25, -0.2) is 8.42 Å². The van der Waals surface area contributed by atoms with Crippen LogP contribution in [-0.2, 0) is 26.0 Å². The van der Waals surface area contributed by atoms with Gasteiger partial charge in [-0.15, -0.1) is 0 Å². The van der Waals surface area contributed by atoms with Gasteiger partial charge in [-0.2, -0.15) is 0 Å². The number of carbonyl (C=O) groups excluding carboxylic acids is 1. The number of anilines is 1. The third-order valence-electron chi connectivity index (χ3n) is 6.29. The van der Waals surface area contributed by atoms with Crippen molar-refractivity contribution in [2.75, 3.05) is 24.7 Å². The number of benzene rings is 3. The minimum atomic E-state index is -3.33. The molecule has 6 nitrogen and oxygen atoms in total. The molecule has 1 N–H and O–H groups in total. The lowest BCUT2D eigenvalue weighted by atomic mass is 9.97. The Morgan fingerprint density at radius 1 is 1.00 bits per heavy atom. The van der Waals surface area contributed by atoms with E-state index in [0.29, 0.717) is 31.1 Å². The zero-order chi connectivity index (χ0) is 24.1. The molecule has 34 heavy (non-hydrogen) atoms. The van der Waals surface area contributed by atoms with Crippen LogP contribution in [0.4, 0.5) is 5.69 Å². The highest BCUT2D eigenvalue weighted by Crippen LogP contribution is 2.35. The molecule has 0 bridgehead atoms. The molecule has 1 saturated carbocycles. The van der Waals surface area contributed by atoms with Gasteiger partial charge in [0.1, 0.15) is 5.75 Å². The average molecular weight is 482 g/mol. The molecule has 0 aliphatic heterocycles. The van der Waals surface area contributed by atoms with Crippen LogP contribution in [0.15, 0.2) is 54.6 Å². The van der Waals surface area contributed by atoms with Gasteiger partial charge < -0.3 is 9.47 Å². The van der Waals surface area contributed by atoms with Crippen molar-refractivity contribution in [2.45, 2.75) is 38.5 Å². The zero-order valence-electron chi connectivity index (χ0n) is 19.7. The Balaban J connectivity index is 1.65. The fourth-order valence-corrected chi connectivity index (χ4v) is 5.06. The normalized spacial score (nSPS) is 14.3. The smallest absolute Gasteiger partial charge is 0.305 e. The Bertz CT molecular complexity index is 1280. The number of hydrogen-bond acceptors (Lipinski definition) is 5. The van der Waals surface area contributed by atoms with Crippen LogP contribution in [0.25, 0.3) is 21.9 Å². The van der Waals surface area contributed by atoms with Gasteiger partial charge in [0.2, 0.25) is 10.0 Å². The predicted octanol–water partition coefficient (Wildman–Crippen LogP) is 5.55. The maximum Gasteiger partial charge on any atom is 0.305 e. The van der Waals surface area contributed by atoms with Crippen LogP contribution in [0.2, 0.25) is 0 Å². The molecule has 0 radical (unpaired) electrons. The topological polar surface area (TPSA) is 81.7 Å². The highest BCUT2D eigenvalue weighted by Gasteiger charge is 2.17. The van der Waals surface area contributed by atoms with Crippen molar-refractivity contribution in [3.63, 3.8) is 0 Å². The number of methoxy groups -OCH3 is 1. The molecular weight excluding hydrogens is 450 g/mol. The van der Waals surface area contributed by atoms with E-state index in [-0.39, 0.29) is 5.97 Å². The second-order valence-corrected chi connectivity index (χ2v) is 10.8. The van der Waals surface area contributed by atoms with Gasteiger partial charge >= 0.3 is 5.97 Å². The van der Waals surface area contributed by atoms with Gasteiger partial charge in [-0.05, 0) is 77.4 Å². The summed E-state index contributed by atoms with van der Waals surface area (Å²) in [5.74, 6) is 1.21. The fraction of sp³-hybridized carbons (Fsp3) is 0.370. The quantitative estimate of drug-likeness (QED) is 0.405. The van der Waals surface area contributed by atoms with E-state index in [9.17, 15) is 13.2 Å². The third-order valence-corrected chi connectivity index (χ3v) is 6.90. The highest BCUT2D eigenvalue weighted by atomic mass is 32.2. The molecule has 0 atom stereocenters. The lowest BCUT2D eigenvalue weighted by molar-refractivity contribution is -0.140. The molecule has 0 spiro atoms. The van der Waals surface area contributed by atoms with Crippen molar-refractivity contribution >= 4 is 32.5 Å². The van der Waals surface area contributed by atoms with Crippen LogP contribution >= 0.6 is 0 Å². The van der Waals surface area contributed by atoms with Crippen molar-refractivity contribution < 1.29 is 22.7 Å². The summed E-state index contributed by atoms with van der Waals surface area (Å²) in [5.41, 5.74) is 3.58. The Labute approximate surface area is 201 Å². The third kappa shape index (κ3) is 6.29. The largest absolute Gasteiger partial charge is 0.493 e. The fourth-order valence-electron chi connectivity index (χ4n) is 4.51. The average Bonchev–Trinajstić information content (AvgIpc) is 3.34. The molecular formula is C27H31NO5S. The van der Waals surface area contributed by atoms with E-state index in [4.69, 9.17) is 9.47 Å². The van der Waals surface area contributed by atoms with Gasteiger partial charge in [0.05, 0.1) is 20.0 Å². The molecule has 1 aliphatic carbocycles. The molecule has 4 rings (SSSR count). The zero-order valence-corrected chi connectivity index (χ0v) is 20.5. The van der Waals surface area contributed by atoms with Crippen molar-refractivity contribution in [3.05, 3.63) is 60.2 Å². The Hall–Kier alpha value is -3.06. The number of rotatable bonds is 9. The second-order valence-electron chi connectivity index (χ2n) is 9.02. The minimum Gasteiger partial charge on any atom is -0.493 e. The molecule has 0 saturated heterocycles. The molecule has 3 aromatic carbocycles. The van der Waals surface area contributed by atoms with Crippen LogP contribution < -0.4 is 9.46 Å². The van der Waals surface area contributed by atoms with Crippen molar-refractivity contribution in [2.24, 2.45) is 5.92 Å². The number of hydrogen-bond donors (Lipinski definition) is 1. The molecule has 0 heterocycles. The van der Waals surface area contributed by atoms with Crippen LogP contribution in [0, 0.1) is 5.92 Å². The number of nitrogens with one attached hydrogen (secondary N) is 1. The molecule has 3 aromatic rings. The highest BCUT2D eigenvalue weighted by molar-refractivity contribution is 7.92. The summed E-state index contributed by atoms with van der Waals surface area (Å²) in [7, 11) is -1.93. The standard InChI is InChI=1S/C27H31NO5S/c1-32-27(29)14-8-19-7-13-26(33-18-20-5-3-4-6-20)25(15-19)23-10-9-22-17-24(28-34(2,30)31)12-11-21(22)16-23/h7,9-13,15-17,20,28H,3-6,8,14,18H2,1-2H3. The summed E-state index contributed by atoms with van der Waals surface area (Å²) in [6.45, 7) is 0.711. The van der Waals surface area contributed by atoms with Crippen LogP contribution in [0.3, 0.4) is 0 Å². The first kappa shape index (κ1) is 24.1. The van der Waals surface area contributed by atoms with Crippen molar-refractivity contribution in [3.8, 4) is 16.9 Å². The summed E-state index contributed by atoms with van der Waals surface area (Å²) in [6, 6.07) is 17.7. The first-order valence-corrected chi connectivity index (χ1v) is 13.5. The summed E-state index contributed by atoms with van der Waals surface area (Å²) < 4.78 is 36.7. The molecule has 0 aromatic heterocycles. The van der Waals surface area contributed by atoms with E-state index in [1.807, 2.05) is 36.4 Å². The van der Waals surface area contributed by atoms with Gasteiger partial charge in [0.15, 0.2) is 0 Å². The number of fused-ring (bicyclic) bond motifs is 1. The Kier molecular flexibility index (Phi) is 7.41. The summed E-state index contributed by atoms with van der Waals surface area (Å²) in [5, 5.41) is 1.94. The number of sulfonamides is 1. The molecule has 7 heteroatoms. The van der Waals surface area contributed by atoms with Gasteiger partial charge in [0.25, 0.3) is 0 Å². The number of esters is 1. The van der Waals surface area contributed by atoms with Crippen LogP contribution in [0.5, 0.6) is 5.75 Å². The number of aryl methyl sites for hydroxylation is 1. The van der Waals surface area contributed by atoms with E-state index < -0.39 is 10.0 Å². The minimum absolute atomic E-state index is 0.229. The van der Waals surface area contributed by atoms with Gasteiger partial charge in [0, 0.05) is 17.7 Å². The maximum absolute atomic E-state index is 11.6. The van der Waals surface area contributed by atoms with Crippen molar-refractivity contribution in [1.82, 2.24) is 0 Å². The molecule has 180 valence electrons. The number of carbonyl (C=O) groups is 1. The van der Waals surface area contributed by atoms with E-state index in [1.165, 1.54) is 32.8 Å². The second kappa shape index (κ2) is 10.5. The lowest BCUT2D eigenvalue weighted by Gasteiger charge is -2.17. The van der Waals surface area contributed by atoms with Crippen LogP contribution in [-0.4, -0.2) is 34.4 Å². The summed E-state index contributed by atoms with van der Waals surface area (Å²) in [6.07, 6.45) is 7.03. The van der Waals surface area contributed by atoms with E-state index in [2.05, 4.69) is 16.9 Å². The molecule has 0 amide bonds. The van der Waals surface area contributed by atoms with E-state index in [1.54, 1.807) is 6.07 Å². The predicted molar refractivity (Wildman–Crippen MR) is 136 cm³/mol. The van der Waals surface area contributed by atoms with Gasteiger partial charge in [-0.1, -0.05) is 37.1 Å². The lowest BCUT2D eigenvalue weighted by Crippen LogP contribution is -2.09. The first-order chi connectivity index (χ1) is 16.3. The molecule has 1 fully saturated rings. The SMILES string of the molecule is COC(=O)CCc1ccc(OCC2CCCC2)c(-c2ccc3cc(NS(C)(=O)=O)ccc3c2)c1. The Morgan fingerprint density at radius 2 is 1.74 bits per heavy atom. The molecule has 1 aliphatic rings. The summed E-state index contributed by atoms with van der Waals surface area (Å²) in [4.78, 5) is 11.6. The summed E-state index contributed by atoms with van der Waals surface area (Å²) >= 11 is 0. The van der Waals surface area contributed by atoms with Crippen molar-refractivity contribution in [1.29, 1.82) is 0 Å².